The monoisotopic (exact) mass is 375 g/mol. The molecule has 0 aliphatic heterocycles. The van der Waals surface area contributed by atoms with Crippen LogP contribution in [0.1, 0.15) is 16.7 Å². The average molecular weight is 375 g/mol. The second-order valence-electron chi connectivity index (χ2n) is 4.87. The predicted molar refractivity (Wildman–Crippen MR) is 96.3 cm³/mol. The van der Waals surface area contributed by atoms with Crippen molar-refractivity contribution in [1.82, 2.24) is 5.48 Å². The molecule has 0 aliphatic rings. The quantitative estimate of drug-likeness (QED) is 0.273. The fourth-order valence-corrected chi connectivity index (χ4v) is 2.06. The summed E-state index contributed by atoms with van der Waals surface area (Å²) in [7, 11) is -4.02. The lowest BCUT2D eigenvalue weighted by atomic mass is 10.1. The number of hydroxylamine groups is 1. The third-order valence-corrected chi connectivity index (χ3v) is 3.69. The zero-order valence-corrected chi connectivity index (χ0v) is 14.6. The number of rotatable bonds is 3. The van der Waals surface area contributed by atoms with Gasteiger partial charge in [0.25, 0.3) is 10.1 Å². The zero-order chi connectivity index (χ0) is 19.6. The Bertz CT molecular complexity index is 932. The molecule has 2 aromatic carbocycles. The third-order valence-electron chi connectivity index (χ3n) is 2.82. The van der Waals surface area contributed by atoms with Crippen molar-refractivity contribution in [2.24, 2.45) is 15.9 Å². The molecule has 0 aromatic heterocycles. The summed E-state index contributed by atoms with van der Waals surface area (Å²) in [4.78, 5) is -0.0666. The molecular formula is C16H17N5O4S. The molecule has 0 bridgehead atoms. The van der Waals surface area contributed by atoms with Gasteiger partial charge in [-0.05, 0) is 36.8 Å². The third kappa shape index (κ3) is 7.54. The van der Waals surface area contributed by atoms with E-state index >= 15 is 0 Å². The molecule has 0 saturated carbocycles. The number of guanidine groups is 1. The molecule has 2 rings (SSSR count). The average Bonchev–Trinajstić information content (AvgIpc) is 2.62. The van der Waals surface area contributed by atoms with Crippen LogP contribution in [0.15, 0.2) is 63.6 Å². The minimum atomic E-state index is -4.02. The fraction of sp³-hybridized carbons (Fsp3) is 0.0625. The van der Waals surface area contributed by atoms with Gasteiger partial charge in [0.2, 0.25) is 5.96 Å². The largest absolute Gasteiger partial charge is 0.367 e. The van der Waals surface area contributed by atoms with Crippen molar-refractivity contribution >= 4 is 22.3 Å². The second-order valence-corrected chi connectivity index (χ2v) is 6.29. The van der Waals surface area contributed by atoms with E-state index in [4.69, 9.17) is 20.8 Å². The predicted octanol–water partition coefficient (Wildman–Crippen LogP) is 1.43. The summed E-state index contributed by atoms with van der Waals surface area (Å²) in [5, 5.41) is 23.9. The van der Waals surface area contributed by atoms with E-state index in [9.17, 15) is 8.42 Å². The molecule has 9 nitrogen and oxygen atoms in total. The Hall–Kier alpha value is -3.26. The number of benzene rings is 2. The van der Waals surface area contributed by atoms with Crippen molar-refractivity contribution in [1.29, 1.82) is 5.26 Å². The van der Waals surface area contributed by atoms with Crippen molar-refractivity contribution < 1.29 is 18.2 Å². The van der Waals surface area contributed by atoms with Crippen LogP contribution in [0.25, 0.3) is 0 Å². The van der Waals surface area contributed by atoms with E-state index in [-0.39, 0.29) is 10.9 Å². The number of nitrogens with two attached hydrogens (primary N) is 1. The molecular weight excluding hydrogens is 358 g/mol. The van der Waals surface area contributed by atoms with Crippen molar-refractivity contribution in [3.8, 4) is 6.07 Å². The van der Waals surface area contributed by atoms with Gasteiger partial charge in [-0.2, -0.15) is 18.8 Å². The molecule has 0 radical (unpaired) electrons. The number of hydrogen-bond donors (Lipinski definition) is 4. The van der Waals surface area contributed by atoms with Crippen LogP contribution in [0, 0.1) is 18.3 Å². The Kier molecular flexibility index (Phi) is 7.91. The van der Waals surface area contributed by atoms with Crippen LogP contribution >= 0.6 is 0 Å². The molecule has 0 saturated heterocycles. The van der Waals surface area contributed by atoms with E-state index in [1.165, 1.54) is 18.3 Å². The normalized spacial score (nSPS) is 11.4. The van der Waals surface area contributed by atoms with Gasteiger partial charge in [0.1, 0.15) is 0 Å². The van der Waals surface area contributed by atoms with Gasteiger partial charge >= 0.3 is 0 Å². The van der Waals surface area contributed by atoms with E-state index in [0.717, 1.165) is 11.1 Å². The zero-order valence-electron chi connectivity index (χ0n) is 13.7. The summed E-state index contributed by atoms with van der Waals surface area (Å²) in [6.45, 7) is 1.84. The minimum absolute atomic E-state index is 0.0666. The Morgan fingerprint density at radius 2 is 1.92 bits per heavy atom. The SMILES string of the molecule is Cc1ccc(S(=O)(=O)O)cc1.N#Cc1cccc(/C=N/N=C(N)NO)c1. The first-order valence-electron chi connectivity index (χ1n) is 7.07. The lowest BCUT2D eigenvalue weighted by molar-refractivity contribution is 0.232. The fourth-order valence-electron chi connectivity index (χ4n) is 1.58. The lowest BCUT2D eigenvalue weighted by Gasteiger charge is -1.95. The molecule has 26 heavy (non-hydrogen) atoms. The highest BCUT2D eigenvalue weighted by atomic mass is 32.2. The van der Waals surface area contributed by atoms with Crippen molar-refractivity contribution in [2.45, 2.75) is 11.8 Å². The van der Waals surface area contributed by atoms with Crippen LogP contribution in [-0.2, 0) is 10.1 Å². The van der Waals surface area contributed by atoms with Crippen LogP contribution in [0.4, 0.5) is 0 Å². The second kappa shape index (κ2) is 9.90. The van der Waals surface area contributed by atoms with Crippen LogP contribution in [0.3, 0.4) is 0 Å². The van der Waals surface area contributed by atoms with Crippen molar-refractivity contribution in [3.63, 3.8) is 0 Å². The standard InChI is InChI=1S/C9H9N5O.C7H8O3S/c10-5-7-2-1-3-8(4-7)6-12-13-9(11)14-15;1-6-2-4-7(5-3-6)11(8,9)10/h1-4,6,15H,(H3,11,13,14);2-5H,1H3,(H,8,9,10)/b12-6+;. The highest BCUT2D eigenvalue weighted by Crippen LogP contribution is 2.08. The molecule has 10 heteroatoms. The van der Waals surface area contributed by atoms with Gasteiger partial charge in [-0.3, -0.25) is 9.76 Å². The molecule has 5 N–H and O–H groups in total. The van der Waals surface area contributed by atoms with E-state index in [0.29, 0.717) is 5.56 Å². The maximum Gasteiger partial charge on any atom is 0.294 e. The summed E-state index contributed by atoms with van der Waals surface area (Å²) in [6, 6.07) is 14.8. The Morgan fingerprint density at radius 3 is 2.46 bits per heavy atom. The summed E-state index contributed by atoms with van der Waals surface area (Å²) in [5.74, 6) is -0.206. The van der Waals surface area contributed by atoms with Gasteiger partial charge < -0.3 is 5.73 Å². The summed E-state index contributed by atoms with van der Waals surface area (Å²) < 4.78 is 29.6. The topological polar surface area (TPSA) is 161 Å². The van der Waals surface area contributed by atoms with Crippen LogP contribution < -0.4 is 11.2 Å². The smallest absolute Gasteiger partial charge is 0.294 e. The summed E-state index contributed by atoms with van der Waals surface area (Å²) in [6.07, 6.45) is 1.42. The molecule has 0 atom stereocenters. The molecule has 0 unspecified atom stereocenters. The first kappa shape index (κ1) is 20.8. The van der Waals surface area contributed by atoms with E-state index in [1.54, 1.807) is 41.9 Å². The first-order chi connectivity index (χ1) is 12.3. The molecule has 136 valence electrons. The number of nitrogens with zero attached hydrogens (tertiary/aromatic N) is 3. The molecule has 0 heterocycles. The number of hydrogen-bond acceptors (Lipinski definition) is 6. The Balaban J connectivity index is 0.000000273. The van der Waals surface area contributed by atoms with Crippen LogP contribution in [0.5, 0.6) is 0 Å². The van der Waals surface area contributed by atoms with Crippen molar-refractivity contribution in [2.75, 3.05) is 0 Å². The van der Waals surface area contributed by atoms with Gasteiger partial charge in [-0.25, -0.2) is 5.48 Å². The van der Waals surface area contributed by atoms with Gasteiger partial charge in [-0.1, -0.05) is 29.8 Å². The highest BCUT2D eigenvalue weighted by Gasteiger charge is 2.06. The number of nitriles is 1. The molecule has 0 aliphatic carbocycles. The number of aryl methyl sites for hydroxylation is 1. The maximum absolute atomic E-state index is 10.5. The highest BCUT2D eigenvalue weighted by molar-refractivity contribution is 7.85. The maximum atomic E-state index is 10.5. The molecule has 0 fully saturated rings. The van der Waals surface area contributed by atoms with Gasteiger partial charge in [0.05, 0.1) is 22.7 Å². The first-order valence-corrected chi connectivity index (χ1v) is 8.51. The lowest BCUT2D eigenvalue weighted by Crippen LogP contribution is -2.27. The van der Waals surface area contributed by atoms with E-state index in [2.05, 4.69) is 10.2 Å². The van der Waals surface area contributed by atoms with Crippen molar-refractivity contribution in [3.05, 3.63) is 65.2 Å². The van der Waals surface area contributed by atoms with E-state index in [1.807, 2.05) is 13.0 Å². The van der Waals surface area contributed by atoms with Gasteiger partial charge in [0.15, 0.2) is 0 Å². The van der Waals surface area contributed by atoms with E-state index < -0.39 is 10.1 Å². The Morgan fingerprint density at radius 1 is 1.27 bits per heavy atom. The summed E-state index contributed by atoms with van der Waals surface area (Å²) >= 11 is 0. The van der Waals surface area contributed by atoms with Crippen LogP contribution in [-0.4, -0.2) is 30.4 Å². The van der Waals surface area contributed by atoms with Gasteiger partial charge in [-0.15, -0.1) is 5.10 Å². The molecule has 0 amide bonds. The molecule has 0 spiro atoms. The number of nitrogens with one attached hydrogen (secondary N) is 1. The summed E-state index contributed by atoms with van der Waals surface area (Å²) in [5.41, 5.74) is 8.97. The van der Waals surface area contributed by atoms with Crippen LogP contribution in [0.2, 0.25) is 0 Å². The minimum Gasteiger partial charge on any atom is -0.367 e. The molecule has 2 aromatic rings. The Labute approximate surface area is 150 Å². The van der Waals surface area contributed by atoms with Gasteiger partial charge in [0, 0.05) is 0 Å².